The summed E-state index contributed by atoms with van der Waals surface area (Å²) in [6, 6.07) is 5.15. The van der Waals surface area contributed by atoms with Crippen molar-refractivity contribution < 1.29 is 25.2 Å². The number of phenols is 4. The van der Waals surface area contributed by atoms with E-state index in [0.717, 1.165) is 12.1 Å². The Morgan fingerprint density at radius 1 is 0.615 bits per heavy atom. The van der Waals surface area contributed by atoms with E-state index in [0.29, 0.717) is 11.1 Å². The van der Waals surface area contributed by atoms with E-state index in [1.54, 1.807) is 0 Å². The van der Waals surface area contributed by atoms with Crippen molar-refractivity contribution in [3.63, 3.8) is 0 Å². The van der Waals surface area contributed by atoms with Gasteiger partial charge in [-0.3, -0.25) is 4.79 Å². The van der Waals surface area contributed by atoms with Crippen LogP contribution < -0.4 is 0 Å². The van der Waals surface area contributed by atoms with Crippen LogP contribution in [0.4, 0.5) is 0 Å². The second-order valence-corrected chi connectivity index (χ2v) is 8.60. The molecule has 4 N–H and O–H groups in total. The second-order valence-electron chi connectivity index (χ2n) is 8.60. The fraction of sp³-hybridized carbons (Fsp3) is 0.381. The molecule has 26 heavy (non-hydrogen) atoms. The van der Waals surface area contributed by atoms with Crippen molar-refractivity contribution >= 4 is 5.78 Å². The van der Waals surface area contributed by atoms with E-state index in [-0.39, 0.29) is 34.1 Å². The lowest BCUT2D eigenvalue weighted by molar-refractivity contribution is 0.103. The average Bonchev–Trinajstić information content (AvgIpc) is 2.43. The Hall–Kier alpha value is -2.69. The standard InChI is InChI=1S/C21H26O5/c1-20(2,3)13-7-11(15(22)9-17(13)24)19(26)12-8-14(21(4,5)6)18(25)10-16(12)23/h7-10,22-25H,1-6H3. The predicted molar refractivity (Wildman–Crippen MR) is 100 cm³/mol. The van der Waals surface area contributed by atoms with Crippen molar-refractivity contribution in [3.8, 4) is 23.0 Å². The van der Waals surface area contributed by atoms with Gasteiger partial charge in [-0.25, -0.2) is 0 Å². The second kappa shape index (κ2) is 6.24. The number of hydrogen-bond donors (Lipinski definition) is 4. The Balaban J connectivity index is 2.67. The number of phenolic OH excluding ortho intramolecular Hbond substituents is 4. The quantitative estimate of drug-likeness (QED) is 0.599. The van der Waals surface area contributed by atoms with Gasteiger partial charge in [-0.2, -0.15) is 0 Å². The molecule has 0 fully saturated rings. The van der Waals surface area contributed by atoms with Gasteiger partial charge in [0.25, 0.3) is 0 Å². The molecule has 0 spiro atoms. The monoisotopic (exact) mass is 358 g/mol. The van der Waals surface area contributed by atoms with E-state index < -0.39 is 16.6 Å². The number of hydrogen-bond acceptors (Lipinski definition) is 5. The van der Waals surface area contributed by atoms with Gasteiger partial charge in [0, 0.05) is 23.3 Å². The molecule has 0 amide bonds. The summed E-state index contributed by atoms with van der Waals surface area (Å²) >= 11 is 0. The minimum Gasteiger partial charge on any atom is -0.508 e. The zero-order valence-corrected chi connectivity index (χ0v) is 16.0. The molecule has 2 aromatic carbocycles. The van der Waals surface area contributed by atoms with Crippen LogP contribution in [0.5, 0.6) is 23.0 Å². The maximum atomic E-state index is 13.0. The lowest BCUT2D eigenvalue weighted by Crippen LogP contribution is -2.15. The first-order chi connectivity index (χ1) is 11.7. The third-order valence-electron chi connectivity index (χ3n) is 4.33. The Morgan fingerprint density at radius 3 is 1.19 bits per heavy atom. The van der Waals surface area contributed by atoms with Gasteiger partial charge in [0.15, 0.2) is 5.78 Å². The van der Waals surface area contributed by atoms with Crippen molar-refractivity contribution in [1.29, 1.82) is 0 Å². The molecule has 5 nitrogen and oxygen atoms in total. The first-order valence-electron chi connectivity index (χ1n) is 8.41. The summed E-state index contributed by atoms with van der Waals surface area (Å²) in [6.07, 6.45) is 0. The molecule has 0 saturated carbocycles. The van der Waals surface area contributed by atoms with Crippen LogP contribution in [0.25, 0.3) is 0 Å². The Labute approximate surface area is 153 Å². The molecule has 2 rings (SSSR count). The molecule has 0 aliphatic rings. The van der Waals surface area contributed by atoms with E-state index in [1.807, 2.05) is 41.5 Å². The van der Waals surface area contributed by atoms with Gasteiger partial charge in [-0.05, 0) is 23.0 Å². The van der Waals surface area contributed by atoms with Crippen molar-refractivity contribution in [2.45, 2.75) is 52.4 Å². The maximum Gasteiger partial charge on any atom is 0.200 e. The molecule has 0 unspecified atom stereocenters. The summed E-state index contributed by atoms with van der Waals surface area (Å²) in [7, 11) is 0. The number of ketones is 1. The first kappa shape index (κ1) is 19.6. The summed E-state index contributed by atoms with van der Waals surface area (Å²) in [5, 5.41) is 40.5. The van der Waals surface area contributed by atoms with Crippen LogP contribution in [0, 0.1) is 0 Å². The van der Waals surface area contributed by atoms with Gasteiger partial charge in [-0.1, -0.05) is 41.5 Å². The van der Waals surface area contributed by atoms with Gasteiger partial charge in [0.1, 0.15) is 23.0 Å². The van der Waals surface area contributed by atoms with E-state index in [9.17, 15) is 25.2 Å². The van der Waals surface area contributed by atoms with Crippen molar-refractivity contribution in [3.05, 3.63) is 46.5 Å². The summed E-state index contributed by atoms with van der Waals surface area (Å²) < 4.78 is 0. The molecule has 0 aliphatic heterocycles. The fourth-order valence-corrected chi connectivity index (χ4v) is 2.86. The predicted octanol–water partition coefficient (Wildman–Crippen LogP) is 4.34. The van der Waals surface area contributed by atoms with Gasteiger partial charge >= 0.3 is 0 Å². The fourth-order valence-electron chi connectivity index (χ4n) is 2.86. The molecular formula is C21H26O5. The van der Waals surface area contributed by atoms with E-state index in [4.69, 9.17) is 0 Å². The molecule has 0 bridgehead atoms. The average molecular weight is 358 g/mol. The number of rotatable bonds is 2. The molecule has 2 aromatic rings. The number of carbonyl (C=O) groups excluding carboxylic acids is 1. The van der Waals surface area contributed by atoms with Crippen molar-refractivity contribution in [2.75, 3.05) is 0 Å². The molecule has 0 aromatic heterocycles. The number of aromatic hydroxyl groups is 4. The number of benzene rings is 2. The lowest BCUT2D eigenvalue weighted by Gasteiger charge is -2.23. The van der Waals surface area contributed by atoms with Crippen LogP contribution in [0.1, 0.15) is 68.6 Å². The normalized spacial score (nSPS) is 12.2. The van der Waals surface area contributed by atoms with Crippen LogP contribution in [-0.2, 0) is 10.8 Å². The van der Waals surface area contributed by atoms with Gasteiger partial charge < -0.3 is 20.4 Å². The molecular weight excluding hydrogens is 332 g/mol. The highest BCUT2D eigenvalue weighted by molar-refractivity contribution is 6.12. The number of carbonyl (C=O) groups is 1. The lowest BCUT2D eigenvalue weighted by atomic mass is 9.82. The maximum absolute atomic E-state index is 13.0. The van der Waals surface area contributed by atoms with Crippen LogP contribution in [-0.4, -0.2) is 26.2 Å². The van der Waals surface area contributed by atoms with Crippen LogP contribution in [0.2, 0.25) is 0 Å². The molecule has 0 aliphatic carbocycles. The third-order valence-corrected chi connectivity index (χ3v) is 4.33. The minimum atomic E-state index is -0.587. The summed E-state index contributed by atoms with van der Waals surface area (Å²) in [5.74, 6) is -1.53. The third kappa shape index (κ3) is 3.62. The summed E-state index contributed by atoms with van der Waals surface area (Å²) in [6.45, 7) is 11.3. The zero-order chi connectivity index (χ0) is 20.0. The van der Waals surface area contributed by atoms with Crippen LogP contribution >= 0.6 is 0 Å². The topological polar surface area (TPSA) is 98.0 Å². The van der Waals surface area contributed by atoms with Crippen LogP contribution in [0.3, 0.4) is 0 Å². The first-order valence-corrected chi connectivity index (χ1v) is 8.41. The highest BCUT2D eigenvalue weighted by Crippen LogP contribution is 2.39. The largest absolute Gasteiger partial charge is 0.508 e. The molecule has 0 atom stereocenters. The highest BCUT2D eigenvalue weighted by atomic mass is 16.3. The smallest absolute Gasteiger partial charge is 0.200 e. The van der Waals surface area contributed by atoms with E-state index in [2.05, 4.69) is 0 Å². The summed E-state index contributed by atoms with van der Waals surface area (Å²) in [5.41, 5.74) is 0.0869. The van der Waals surface area contributed by atoms with Crippen LogP contribution in [0.15, 0.2) is 24.3 Å². The molecule has 0 saturated heterocycles. The SMILES string of the molecule is CC(C)(C)c1cc(C(=O)c2cc(C(C)(C)C)c(O)cc2O)c(O)cc1O. The Kier molecular flexibility index (Phi) is 4.71. The van der Waals surface area contributed by atoms with E-state index in [1.165, 1.54) is 12.1 Å². The minimum absolute atomic E-state index is 0.0198. The molecule has 5 heteroatoms. The van der Waals surface area contributed by atoms with Crippen molar-refractivity contribution in [1.82, 2.24) is 0 Å². The molecule has 0 radical (unpaired) electrons. The molecule has 140 valence electrons. The van der Waals surface area contributed by atoms with E-state index >= 15 is 0 Å². The van der Waals surface area contributed by atoms with Gasteiger partial charge in [-0.15, -0.1) is 0 Å². The highest BCUT2D eigenvalue weighted by Gasteiger charge is 2.27. The molecule has 0 heterocycles. The Morgan fingerprint density at radius 2 is 0.923 bits per heavy atom. The summed E-state index contributed by atoms with van der Waals surface area (Å²) in [4.78, 5) is 13.0. The van der Waals surface area contributed by atoms with Gasteiger partial charge in [0.05, 0.1) is 11.1 Å². The van der Waals surface area contributed by atoms with Crippen molar-refractivity contribution in [2.24, 2.45) is 0 Å². The van der Waals surface area contributed by atoms with Gasteiger partial charge in [0.2, 0.25) is 0 Å². The zero-order valence-electron chi connectivity index (χ0n) is 16.0. The Bertz CT molecular complexity index is 796.